The van der Waals surface area contributed by atoms with Gasteiger partial charge in [-0.05, 0) is 58.7 Å². The molecule has 0 fully saturated rings. The van der Waals surface area contributed by atoms with Crippen molar-refractivity contribution < 1.29 is 14.3 Å². The van der Waals surface area contributed by atoms with E-state index >= 15 is 0 Å². The number of anilines is 1. The van der Waals surface area contributed by atoms with Gasteiger partial charge in [-0.1, -0.05) is 6.07 Å². The normalized spacial score (nSPS) is 10.2. The first-order valence-electron chi connectivity index (χ1n) is 5.76. The highest BCUT2D eigenvalue weighted by atomic mass is 127. The second-order valence-corrected chi connectivity index (χ2v) is 6.20. The molecule has 4 nitrogen and oxygen atoms in total. The van der Waals surface area contributed by atoms with Crippen LogP contribution in [0.5, 0.6) is 0 Å². The average molecular weight is 401 g/mol. The van der Waals surface area contributed by atoms with Gasteiger partial charge in [0.15, 0.2) is 0 Å². The number of carbonyl (C=O) groups is 2. The summed E-state index contributed by atoms with van der Waals surface area (Å²) in [4.78, 5) is 24.3. The lowest BCUT2D eigenvalue weighted by Gasteiger charge is -2.07. The summed E-state index contributed by atoms with van der Waals surface area (Å²) < 4.78 is 5.69. The Balaban J connectivity index is 2.28. The number of aryl methyl sites for hydroxylation is 1. The third kappa shape index (κ3) is 3.18. The highest BCUT2D eigenvalue weighted by molar-refractivity contribution is 14.1. The minimum Gasteiger partial charge on any atom is -0.465 e. The number of ether oxygens (including phenoxy) is 1. The van der Waals surface area contributed by atoms with Gasteiger partial charge >= 0.3 is 5.97 Å². The van der Waals surface area contributed by atoms with Gasteiger partial charge in [0.2, 0.25) is 0 Å². The molecule has 0 aliphatic carbocycles. The van der Waals surface area contributed by atoms with Crippen molar-refractivity contribution in [2.75, 3.05) is 12.4 Å². The van der Waals surface area contributed by atoms with Gasteiger partial charge in [-0.25, -0.2) is 4.79 Å². The zero-order chi connectivity index (χ0) is 14.7. The van der Waals surface area contributed by atoms with Crippen molar-refractivity contribution in [3.63, 3.8) is 0 Å². The number of thiophene rings is 1. The summed E-state index contributed by atoms with van der Waals surface area (Å²) in [6, 6.07) is 7.25. The van der Waals surface area contributed by atoms with Crippen LogP contribution in [0, 0.1) is 10.5 Å². The van der Waals surface area contributed by atoms with Crippen molar-refractivity contribution >= 4 is 51.5 Å². The third-order valence-electron chi connectivity index (χ3n) is 2.67. The van der Waals surface area contributed by atoms with Gasteiger partial charge in [0.25, 0.3) is 5.91 Å². The molecule has 1 aromatic heterocycles. The van der Waals surface area contributed by atoms with Crippen LogP contribution in [0.2, 0.25) is 0 Å². The zero-order valence-corrected chi connectivity index (χ0v) is 13.9. The first-order chi connectivity index (χ1) is 9.52. The maximum Gasteiger partial charge on any atom is 0.350 e. The van der Waals surface area contributed by atoms with Crippen LogP contribution in [0.15, 0.2) is 29.6 Å². The lowest BCUT2D eigenvalue weighted by molar-refractivity contribution is 0.0607. The number of halogens is 1. The van der Waals surface area contributed by atoms with E-state index in [1.165, 1.54) is 18.4 Å². The molecule has 1 N–H and O–H groups in total. The number of esters is 1. The number of amides is 1. The molecular weight excluding hydrogens is 389 g/mol. The minimum atomic E-state index is -0.443. The van der Waals surface area contributed by atoms with Crippen LogP contribution in [-0.2, 0) is 4.74 Å². The summed E-state index contributed by atoms with van der Waals surface area (Å²) in [5.74, 6) is -0.684. The van der Waals surface area contributed by atoms with Gasteiger partial charge in [0.1, 0.15) is 4.88 Å². The number of hydrogen-bond donors (Lipinski definition) is 1. The second-order valence-electron chi connectivity index (χ2n) is 4.08. The molecule has 1 amide bonds. The lowest BCUT2D eigenvalue weighted by atomic mass is 10.2. The van der Waals surface area contributed by atoms with Crippen molar-refractivity contribution in [3.8, 4) is 0 Å². The largest absolute Gasteiger partial charge is 0.465 e. The molecule has 0 aliphatic heterocycles. The number of hydrogen-bond acceptors (Lipinski definition) is 4. The monoisotopic (exact) mass is 401 g/mol. The summed E-state index contributed by atoms with van der Waals surface area (Å²) in [7, 11) is 1.32. The molecule has 20 heavy (non-hydrogen) atoms. The van der Waals surface area contributed by atoms with Gasteiger partial charge in [-0.3, -0.25) is 4.79 Å². The number of rotatable bonds is 3. The molecule has 0 saturated carbocycles. The van der Waals surface area contributed by atoms with Gasteiger partial charge in [0.05, 0.1) is 12.8 Å². The highest BCUT2D eigenvalue weighted by Crippen LogP contribution is 2.28. The molecule has 0 atom stereocenters. The average Bonchev–Trinajstić information content (AvgIpc) is 2.79. The Hall–Kier alpha value is -1.41. The highest BCUT2D eigenvalue weighted by Gasteiger charge is 2.19. The van der Waals surface area contributed by atoms with E-state index in [-0.39, 0.29) is 5.91 Å². The summed E-state index contributed by atoms with van der Waals surface area (Å²) in [5, 5.41) is 4.60. The number of carbonyl (C=O) groups excluding carboxylic acids is 2. The third-order valence-corrected chi connectivity index (χ3v) is 4.42. The van der Waals surface area contributed by atoms with Crippen molar-refractivity contribution in [2.45, 2.75) is 6.92 Å². The first kappa shape index (κ1) is 15.0. The van der Waals surface area contributed by atoms with E-state index in [4.69, 9.17) is 4.74 Å². The van der Waals surface area contributed by atoms with E-state index in [9.17, 15) is 9.59 Å². The molecular formula is C14H12INO3S. The first-order valence-corrected chi connectivity index (χ1v) is 7.72. The lowest BCUT2D eigenvalue weighted by Crippen LogP contribution is -2.14. The fraction of sp³-hybridized carbons (Fsp3) is 0.143. The molecule has 0 unspecified atom stereocenters. The van der Waals surface area contributed by atoms with E-state index in [1.807, 2.05) is 24.4 Å². The van der Waals surface area contributed by atoms with Gasteiger partial charge < -0.3 is 10.1 Å². The number of nitrogens with one attached hydrogen (secondary N) is 1. The Morgan fingerprint density at radius 2 is 2.10 bits per heavy atom. The van der Waals surface area contributed by atoms with Crippen LogP contribution in [-0.4, -0.2) is 19.0 Å². The molecule has 0 spiro atoms. The van der Waals surface area contributed by atoms with Crippen molar-refractivity contribution in [1.29, 1.82) is 0 Å². The molecule has 0 radical (unpaired) electrons. The predicted molar refractivity (Wildman–Crippen MR) is 87.5 cm³/mol. The Kier molecular flexibility index (Phi) is 4.77. The molecule has 2 aromatic rings. The van der Waals surface area contributed by atoms with Gasteiger partial charge in [0, 0.05) is 9.13 Å². The molecule has 0 bridgehead atoms. The Labute approximate surface area is 134 Å². The zero-order valence-electron chi connectivity index (χ0n) is 10.9. The van der Waals surface area contributed by atoms with Crippen molar-refractivity contribution in [2.24, 2.45) is 0 Å². The maximum atomic E-state index is 12.2. The van der Waals surface area contributed by atoms with Crippen LogP contribution in [0.25, 0.3) is 0 Å². The smallest absolute Gasteiger partial charge is 0.350 e. The molecule has 0 aliphatic rings. The van der Waals surface area contributed by atoms with Crippen LogP contribution in [0.4, 0.5) is 5.69 Å². The van der Waals surface area contributed by atoms with E-state index in [2.05, 4.69) is 27.9 Å². The summed E-state index contributed by atoms with van der Waals surface area (Å²) in [6.45, 7) is 1.84. The fourth-order valence-corrected chi connectivity index (χ4v) is 3.12. The topological polar surface area (TPSA) is 55.4 Å². The second kappa shape index (κ2) is 6.36. The number of methoxy groups -OCH3 is 1. The molecule has 0 saturated heterocycles. The predicted octanol–water partition coefficient (Wildman–Crippen LogP) is 3.70. The van der Waals surface area contributed by atoms with Crippen molar-refractivity contribution in [1.82, 2.24) is 0 Å². The van der Waals surface area contributed by atoms with Crippen LogP contribution in [0.1, 0.15) is 25.6 Å². The quantitative estimate of drug-likeness (QED) is 0.631. The van der Waals surface area contributed by atoms with Gasteiger partial charge in [-0.15, -0.1) is 11.3 Å². The van der Waals surface area contributed by atoms with E-state index < -0.39 is 5.97 Å². The Morgan fingerprint density at radius 1 is 1.35 bits per heavy atom. The standard InChI is InChI=1S/C14H12INO3S/c1-8-7-20-12(14(18)19-2)11(8)16-13(17)9-4-3-5-10(15)6-9/h3-7H,1-2H3,(H,16,17). The minimum absolute atomic E-state index is 0.241. The molecule has 1 heterocycles. The van der Waals surface area contributed by atoms with E-state index in [1.54, 1.807) is 12.1 Å². The fourth-order valence-electron chi connectivity index (χ4n) is 1.66. The maximum absolute atomic E-state index is 12.2. The molecule has 6 heteroatoms. The SMILES string of the molecule is COC(=O)c1scc(C)c1NC(=O)c1cccc(I)c1. The molecule has 2 rings (SSSR count). The molecule has 104 valence electrons. The number of benzene rings is 1. The molecule has 1 aromatic carbocycles. The van der Waals surface area contributed by atoms with Crippen LogP contribution in [0.3, 0.4) is 0 Å². The Morgan fingerprint density at radius 3 is 2.75 bits per heavy atom. The van der Waals surface area contributed by atoms with Crippen LogP contribution >= 0.6 is 33.9 Å². The van der Waals surface area contributed by atoms with Gasteiger partial charge in [-0.2, -0.15) is 0 Å². The van der Waals surface area contributed by atoms with E-state index in [0.29, 0.717) is 16.1 Å². The summed E-state index contributed by atoms with van der Waals surface area (Å²) in [5.41, 5.74) is 1.92. The van der Waals surface area contributed by atoms with Crippen molar-refractivity contribution in [3.05, 3.63) is 49.2 Å². The summed E-state index contributed by atoms with van der Waals surface area (Å²) in [6.07, 6.45) is 0. The van der Waals surface area contributed by atoms with E-state index in [0.717, 1.165) is 9.13 Å². The summed E-state index contributed by atoms with van der Waals surface area (Å²) >= 11 is 3.40. The van der Waals surface area contributed by atoms with Crippen LogP contribution < -0.4 is 5.32 Å². The Bertz CT molecular complexity index is 666.